The van der Waals surface area contributed by atoms with Crippen LogP contribution in [-0.2, 0) is 0 Å². The van der Waals surface area contributed by atoms with Crippen molar-refractivity contribution in [3.63, 3.8) is 0 Å². The zero-order valence-corrected chi connectivity index (χ0v) is 10.7. The maximum Gasteiger partial charge on any atom is 0.390 e. The molecule has 1 aromatic rings. The van der Waals surface area contributed by atoms with Crippen LogP contribution >= 0.6 is 0 Å². The van der Waals surface area contributed by atoms with Crippen LogP contribution in [0.4, 0.5) is 18.9 Å². The summed E-state index contributed by atoms with van der Waals surface area (Å²) in [5.74, 6) is 0. The highest BCUT2D eigenvalue weighted by Crippen LogP contribution is 2.28. The molecule has 102 valence electrons. The molecule has 1 rings (SSSR count). The number of halogens is 3. The fraction of sp³-hybridized carbons (Fsp3) is 0.538. The van der Waals surface area contributed by atoms with E-state index in [0.717, 1.165) is 18.8 Å². The SMILES string of the molecule is CCN(CC)c1ccc([C@H](N)CC(F)(F)F)cc1. The van der Waals surface area contributed by atoms with Crippen molar-refractivity contribution < 1.29 is 13.2 Å². The summed E-state index contributed by atoms with van der Waals surface area (Å²) in [7, 11) is 0. The Hall–Kier alpha value is -1.23. The maximum absolute atomic E-state index is 12.2. The second-order valence-electron chi connectivity index (χ2n) is 4.19. The van der Waals surface area contributed by atoms with Crippen molar-refractivity contribution in [1.82, 2.24) is 0 Å². The van der Waals surface area contributed by atoms with Gasteiger partial charge in [-0.3, -0.25) is 0 Å². The third kappa shape index (κ3) is 4.22. The van der Waals surface area contributed by atoms with Crippen LogP contribution in [0.3, 0.4) is 0 Å². The Morgan fingerprint density at radius 2 is 1.61 bits per heavy atom. The van der Waals surface area contributed by atoms with Gasteiger partial charge in [0.2, 0.25) is 0 Å². The van der Waals surface area contributed by atoms with Crippen LogP contribution < -0.4 is 10.6 Å². The second-order valence-corrected chi connectivity index (χ2v) is 4.19. The van der Waals surface area contributed by atoms with E-state index >= 15 is 0 Å². The Bertz CT molecular complexity index is 355. The van der Waals surface area contributed by atoms with E-state index in [1.54, 1.807) is 12.1 Å². The average Bonchev–Trinajstić information content (AvgIpc) is 2.29. The Morgan fingerprint density at radius 3 is 2.00 bits per heavy atom. The number of benzene rings is 1. The normalized spacial score (nSPS) is 13.4. The van der Waals surface area contributed by atoms with Crippen LogP contribution in [0.5, 0.6) is 0 Å². The van der Waals surface area contributed by atoms with E-state index in [4.69, 9.17) is 5.73 Å². The third-order valence-electron chi connectivity index (χ3n) is 2.90. The average molecular weight is 260 g/mol. The molecule has 0 unspecified atom stereocenters. The Kier molecular flexibility index (Phi) is 5.02. The first-order chi connectivity index (χ1) is 8.37. The summed E-state index contributed by atoms with van der Waals surface area (Å²) in [6.07, 6.45) is -5.21. The van der Waals surface area contributed by atoms with Gasteiger partial charge in [0.25, 0.3) is 0 Å². The molecule has 0 aliphatic heterocycles. The standard InChI is InChI=1S/C13H19F3N2/c1-3-18(4-2)11-7-5-10(6-8-11)12(17)9-13(14,15)16/h5-8,12H,3-4,9,17H2,1-2H3/t12-/m1/s1. The first-order valence-corrected chi connectivity index (χ1v) is 6.04. The lowest BCUT2D eigenvalue weighted by Gasteiger charge is -2.22. The van der Waals surface area contributed by atoms with Crippen LogP contribution in [-0.4, -0.2) is 19.3 Å². The second kappa shape index (κ2) is 6.09. The molecule has 2 N–H and O–H groups in total. The molecule has 0 aromatic heterocycles. The van der Waals surface area contributed by atoms with Crippen molar-refractivity contribution in [1.29, 1.82) is 0 Å². The summed E-state index contributed by atoms with van der Waals surface area (Å²) < 4.78 is 36.7. The molecule has 0 bridgehead atoms. The van der Waals surface area contributed by atoms with Crippen molar-refractivity contribution in [2.75, 3.05) is 18.0 Å². The predicted octanol–water partition coefficient (Wildman–Crippen LogP) is 3.49. The number of hydrogen-bond acceptors (Lipinski definition) is 2. The molecular formula is C13H19F3N2. The van der Waals surface area contributed by atoms with Gasteiger partial charge in [-0.25, -0.2) is 0 Å². The van der Waals surface area contributed by atoms with Crippen molar-refractivity contribution in [2.24, 2.45) is 5.73 Å². The largest absolute Gasteiger partial charge is 0.390 e. The van der Waals surface area contributed by atoms with E-state index in [-0.39, 0.29) is 0 Å². The van der Waals surface area contributed by atoms with Gasteiger partial charge >= 0.3 is 6.18 Å². The molecule has 1 aromatic carbocycles. The summed E-state index contributed by atoms with van der Waals surface area (Å²) in [6.45, 7) is 5.80. The minimum Gasteiger partial charge on any atom is -0.372 e. The first kappa shape index (κ1) is 14.8. The smallest absolute Gasteiger partial charge is 0.372 e. The van der Waals surface area contributed by atoms with Gasteiger partial charge in [0, 0.05) is 24.8 Å². The van der Waals surface area contributed by atoms with Gasteiger partial charge in [-0.15, -0.1) is 0 Å². The Balaban J connectivity index is 2.76. The molecule has 0 heterocycles. The number of nitrogens with zero attached hydrogens (tertiary/aromatic N) is 1. The van der Waals surface area contributed by atoms with Gasteiger partial charge in [-0.05, 0) is 31.5 Å². The summed E-state index contributed by atoms with van der Waals surface area (Å²) in [5, 5.41) is 0. The van der Waals surface area contributed by atoms with Gasteiger partial charge in [0.1, 0.15) is 0 Å². The molecule has 0 spiro atoms. The molecule has 0 saturated heterocycles. The number of nitrogens with two attached hydrogens (primary N) is 1. The van der Waals surface area contributed by atoms with Crippen LogP contribution in [0.1, 0.15) is 31.9 Å². The zero-order chi connectivity index (χ0) is 13.8. The lowest BCUT2D eigenvalue weighted by molar-refractivity contribution is -0.138. The molecule has 0 radical (unpaired) electrons. The fourth-order valence-corrected chi connectivity index (χ4v) is 1.89. The highest BCUT2D eigenvalue weighted by molar-refractivity contribution is 5.47. The molecule has 18 heavy (non-hydrogen) atoms. The van der Waals surface area contributed by atoms with Crippen LogP contribution in [0.25, 0.3) is 0 Å². The lowest BCUT2D eigenvalue weighted by atomic mass is 10.0. The first-order valence-electron chi connectivity index (χ1n) is 6.04. The van der Waals surface area contributed by atoms with Crippen molar-refractivity contribution >= 4 is 5.69 Å². The quantitative estimate of drug-likeness (QED) is 0.878. The Labute approximate surface area is 106 Å². The van der Waals surface area contributed by atoms with Gasteiger partial charge in [-0.2, -0.15) is 13.2 Å². The summed E-state index contributed by atoms with van der Waals surface area (Å²) in [6, 6.07) is 5.99. The van der Waals surface area contributed by atoms with Gasteiger partial charge in [-0.1, -0.05) is 12.1 Å². The van der Waals surface area contributed by atoms with Crippen LogP contribution in [0.15, 0.2) is 24.3 Å². The van der Waals surface area contributed by atoms with Crippen LogP contribution in [0, 0.1) is 0 Å². The molecule has 0 fully saturated rings. The fourth-order valence-electron chi connectivity index (χ4n) is 1.89. The number of rotatable bonds is 5. The van der Waals surface area contributed by atoms with Crippen molar-refractivity contribution in [2.45, 2.75) is 32.5 Å². The molecule has 0 aliphatic rings. The molecular weight excluding hydrogens is 241 g/mol. The van der Waals surface area contributed by atoms with E-state index in [1.807, 2.05) is 26.0 Å². The summed E-state index contributed by atoms with van der Waals surface area (Å²) in [4.78, 5) is 2.12. The molecule has 0 aliphatic carbocycles. The summed E-state index contributed by atoms with van der Waals surface area (Å²) in [5.41, 5.74) is 7.06. The third-order valence-corrected chi connectivity index (χ3v) is 2.90. The van der Waals surface area contributed by atoms with Crippen LogP contribution in [0.2, 0.25) is 0 Å². The Morgan fingerprint density at radius 1 is 1.11 bits per heavy atom. The predicted molar refractivity (Wildman–Crippen MR) is 67.6 cm³/mol. The number of anilines is 1. The minimum atomic E-state index is -4.23. The van der Waals surface area contributed by atoms with E-state index in [2.05, 4.69) is 4.90 Å². The maximum atomic E-state index is 12.2. The molecule has 0 amide bonds. The van der Waals surface area contributed by atoms with Gasteiger partial charge in [0.05, 0.1) is 6.42 Å². The highest BCUT2D eigenvalue weighted by Gasteiger charge is 2.30. The van der Waals surface area contributed by atoms with Gasteiger partial charge < -0.3 is 10.6 Å². The monoisotopic (exact) mass is 260 g/mol. The molecule has 1 atom stereocenters. The zero-order valence-electron chi connectivity index (χ0n) is 10.7. The number of hydrogen-bond donors (Lipinski definition) is 1. The lowest BCUT2D eigenvalue weighted by Crippen LogP contribution is -2.22. The van der Waals surface area contributed by atoms with E-state index in [9.17, 15) is 13.2 Å². The highest BCUT2D eigenvalue weighted by atomic mass is 19.4. The topological polar surface area (TPSA) is 29.3 Å². The molecule has 0 saturated carbocycles. The van der Waals surface area contributed by atoms with E-state index in [0.29, 0.717) is 5.56 Å². The van der Waals surface area contributed by atoms with E-state index in [1.165, 1.54) is 0 Å². The molecule has 2 nitrogen and oxygen atoms in total. The van der Waals surface area contributed by atoms with Crippen molar-refractivity contribution in [3.8, 4) is 0 Å². The minimum absolute atomic E-state index is 0.517. The number of alkyl halides is 3. The van der Waals surface area contributed by atoms with E-state index < -0.39 is 18.6 Å². The van der Waals surface area contributed by atoms with Crippen molar-refractivity contribution in [3.05, 3.63) is 29.8 Å². The molecule has 5 heteroatoms. The summed E-state index contributed by atoms with van der Waals surface area (Å²) >= 11 is 0. The van der Waals surface area contributed by atoms with Gasteiger partial charge in [0.15, 0.2) is 0 Å².